The number of hydrogen-bond acceptors (Lipinski definition) is 1. The van der Waals surface area contributed by atoms with E-state index in [4.69, 9.17) is 0 Å². The second kappa shape index (κ2) is 7.47. The number of carbonyl (C=O) groups is 1. The summed E-state index contributed by atoms with van der Waals surface area (Å²) in [5.74, 6) is 2.58. The summed E-state index contributed by atoms with van der Waals surface area (Å²) in [6.07, 6.45) is 8.08. The number of para-hydroxylation sites is 1. The molecule has 0 heterocycles. The Morgan fingerprint density at radius 3 is 2.39 bits per heavy atom. The highest BCUT2D eigenvalue weighted by Gasteiger charge is 2.11. The molecule has 0 unspecified atom stereocenters. The van der Waals surface area contributed by atoms with Crippen LogP contribution >= 0.6 is 10.0 Å². The van der Waals surface area contributed by atoms with E-state index in [2.05, 4.69) is 19.4 Å². The fourth-order valence-corrected chi connectivity index (χ4v) is 4.36. The number of hydrogen-bond donors (Lipinski definition) is 0. The molecule has 0 N–H and O–H groups in total. The molecule has 1 amide bonds. The Morgan fingerprint density at radius 2 is 1.83 bits per heavy atom. The maximum absolute atomic E-state index is 11.1. The summed E-state index contributed by atoms with van der Waals surface area (Å²) >= 11 is 0. The van der Waals surface area contributed by atoms with Gasteiger partial charge in [-0.25, -0.2) is 10.0 Å². The molecule has 0 saturated carbocycles. The van der Waals surface area contributed by atoms with Crippen LogP contribution in [0, 0.1) is 0 Å². The van der Waals surface area contributed by atoms with E-state index >= 15 is 0 Å². The molecule has 102 valence electrons. The quantitative estimate of drug-likeness (QED) is 0.660. The molecule has 0 radical (unpaired) electrons. The van der Waals surface area contributed by atoms with Gasteiger partial charge in [-0.3, -0.25) is 4.79 Å². The van der Waals surface area contributed by atoms with Crippen LogP contribution < -0.4 is 4.90 Å². The Morgan fingerprint density at radius 1 is 1.17 bits per heavy atom. The monoisotopic (exact) mass is 267 g/mol. The number of benzene rings is 1. The van der Waals surface area contributed by atoms with Gasteiger partial charge in [0.1, 0.15) is 0 Å². The number of amides is 1. The molecule has 3 heteroatoms. The lowest BCUT2D eigenvalue weighted by Crippen LogP contribution is -2.23. The third-order valence-electron chi connectivity index (χ3n) is 3.07. The molecule has 18 heavy (non-hydrogen) atoms. The van der Waals surface area contributed by atoms with E-state index < -0.39 is 10.0 Å². The second-order valence-corrected chi connectivity index (χ2v) is 9.51. The van der Waals surface area contributed by atoms with Gasteiger partial charge in [0.2, 0.25) is 6.41 Å². The third kappa shape index (κ3) is 5.13. The Labute approximate surface area is 113 Å². The molecule has 0 aromatic heterocycles. The summed E-state index contributed by atoms with van der Waals surface area (Å²) in [5, 5.41) is 0. The molecule has 0 aliphatic rings. The van der Waals surface area contributed by atoms with Crippen LogP contribution in [0.4, 0.5) is 5.69 Å². The number of carbonyl (C=O) groups excluding carboxylic acids is 1. The topological polar surface area (TPSA) is 20.3 Å². The van der Waals surface area contributed by atoms with Crippen molar-refractivity contribution in [1.82, 2.24) is 0 Å². The molecule has 0 atom stereocenters. The minimum atomic E-state index is -0.460. The van der Waals surface area contributed by atoms with Gasteiger partial charge in [0.05, 0.1) is 0 Å². The van der Waals surface area contributed by atoms with E-state index in [-0.39, 0.29) is 0 Å². The molecule has 1 aromatic rings. The lowest BCUT2D eigenvalue weighted by atomic mass is 10.3. The van der Waals surface area contributed by atoms with Crippen LogP contribution in [-0.2, 0) is 4.79 Å². The highest BCUT2D eigenvalue weighted by atomic mass is 32.3. The summed E-state index contributed by atoms with van der Waals surface area (Å²) in [4.78, 5) is 12.9. The molecule has 0 saturated heterocycles. The molecular weight excluding hydrogens is 242 g/mol. The second-order valence-electron chi connectivity index (χ2n) is 5.16. The number of rotatable bonds is 8. The summed E-state index contributed by atoms with van der Waals surface area (Å²) in [6.45, 7) is 3.07. The normalized spacial score (nSPS) is 12.2. The average Bonchev–Trinajstić information content (AvgIpc) is 2.35. The Hall–Kier alpha value is -0.960. The Bertz CT molecular complexity index is 351. The van der Waals surface area contributed by atoms with Gasteiger partial charge in [-0.1, -0.05) is 25.1 Å². The van der Waals surface area contributed by atoms with Crippen LogP contribution in [0.2, 0.25) is 0 Å². The average molecular weight is 267 g/mol. The highest BCUT2D eigenvalue weighted by Crippen LogP contribution is 2.40. The summed E-state index contributed by atoms with van der Waals surface area (Å²) < 4.78 is 0. The molecule has 0 spiro atoms. The minimum Gasteiger partial charge on any atom is -0.315 e. The van der Waals surface area contributed by atoms with Crippen LogP contribution in [0.15, 0.2) is 30.3 Å². The molecule has 2 nitrogen and oxygen atoms in total. The van der Waals surface area contributed by atoms with E-state index in [9.17, 15) is 4.79 Å². The zero-order chi connectivity index (χ0) is 13.4. The fourth-order valence-electron chi connectivity index (χ4n) is 2.14. The van der Waals surface area contributed by atoms with Gasteiger partial charge in [-0.2, -0.15) is 0 Å². The van der Waals surface area contributed by atoms with Gasteiger partial charge in [0.25, 0.3) is 0 Å². The van der Waals surface area contributed by atoms with Crippen LogP contribution in [-0.4, -0.2) is 37.0 Å². The zero-order valence-corrected chi connectivity index (χ0v) is 12.6. The van der Waals surface area contributed by atoms with E-state index in [1.54, 1.807) is 0 Å². The van der Waals surface area contributed by atoms with E-state index in [0.717, 1.165) is 25.1 Å². The van der Waals surface area contributed by atoms with Crippen molar-refractivity contribution in [3.63, 3.8) is 0 Å². The van der Waals surface area contributed by atoms with Gasteiger partial charge in [-0.05, 0) is 49.0 Å². The maximum Gasteiger partial charge on any atom is 0.214 e. The van der Waals surface area contributed by atoms with Gasteiger partial charge in [-0.15, -0.1) is 0 Å². The van der Waals surface area contributed by atoms with Crippen molar-refractivity contribution in [3.05, 3.63) is 30.3 Å². The van der Waals surface area contributed by atoms with Crippen molar-refractivity contribution in [2.75, 3.05) is 35.5 Å². The predicted molar refractivity (Wildman–Crippen MR) is 83.9 cm³/mol. The summed E-state index contributed by atoms with van der Waals surface area (Å²) in [5.41, 5.74) is 0.996. The van der Waals surface area contributed by atoms with Crippen molar-refractivity contribution in [3.8, 4) is 0 Å². The van der Waals surface area contributed by atoms with Crippen LogP contribution in [0.3, 0.4) is 0 Å². The van der Waals surface area contributed by atoms with Crippen molar-refractivity contribution in [2.45, 2.75) is 19.8 Å². The molecule has 0 fully saturated rings. The molecule has 1 aromatic carbocycles. The van der Waals surface area contributed by atoms with Crippen molar-refractivity contribution >= 4 is 22.1 Å². The fraction of sp³-hybridized carbons (Fsp3) is 0.533. The van der Waals surface area contributed by atoms with Crippen molar-refractivity contribution in [2.24, 2.45) is 0 Å². The molecule has 0 aliphatic carbocycles. The Kier molecular flexibility index (Phi) is 6.27. The molecule has 1 rings (SSSR count). The van der Waals surface area contributed by atoms with Gasteiger partial charge in [0.15, 0.2) is 0 Å². The molecule has 0 aliphatic heterocycles. The third-order valence-corrected chi connectivity index (χ3v) is 5.97. The summed E-state index contributed by atoms with van der Waals surface area (Å²) in [7, 11) is -0.460. The number of nitrogens with zero attached hydrogens (tertiary/aromatic N) is 1. The first-order chi connectivity index (χ1) is 8.59. The standard InChI is InChI=1S/C15H25NOS/c1-4-12-18(2,3)13-8-11-16(14-17)15-9-6-5-7-10-15/h5-7,9-10,14H,4,8,11-13H2,1-3H3. The van der Waals surface area contributed by atoms with Gasteiger partial charge < -0.3 is 4.90 Å². The first-order valence-corrected chi connectivity index (χ1v) is 9.33. The van der Waals surface area contributed by atoms with Crippen molar-refractivity contribution < 1.29 is 4.79 Å². The van der Waals surface area contributed by atoms with Gasteiger partial charge >= 0.3 is 0 Å². The lowest BCUT2D eigenvalue weighted by molar-refractivity contribution is -0.107. The first-order valence-electron chi connectivity index (χ1n) is 6.55. The highest BCUT2D eigenvalue weighted by molar-refractivity contribution is 8.32. The van der Waals surface area contributed by atoms with Crippen LogP contribution in [0.5, 0.6) is 0 Å². The van der Waals surface area contributed by atoms with E-state index in [0.29, 0.717) is 0 Å². The van der Waals surface area contributed by atoms with Gasteiger partial charge in [0, 0.05) is 12.2 Å². The predicted octanol–water partition coefficient (Wildman–Crippen LogP) is 3.51. The Balaban J connectivity index is 2.44. The lowest BCUT2D eigenvalue weighted by Gasteiger charge is -2.31. The van der Waals surface area contributed by atoms with E-state index in [1.807, 2.05) is 35.2 Å². The molecule has 0 bridgehead atoms. The van der Waals surface area contributed by atoms with Crippen molar-refractivity contribution in [1.29, 1.82) is 0 Å². The van der Waals surface area contributed by atoms with Crippen LogP contribution in [0.25, 0.3) is 0 Å². The SMILES string of the molecule is CCCS(C)(C)CCCN(C=O)c1ccccc1. The zero-order valence-electron chi connectivity index (χ0n) is 11.8. The number of anilines is 1. The minimum absolute atomic E-state index is 0.460. The van der Waals surface area contributed by atoms with Crippen LogP contribution in [0.1, 0.15) is 19.8 Å². The first kappa shape index (κ1) is 15.1. The largest absolute Gasteiger partial charge is 0.315 e. The van der Waals surface area contributed by atoms with E-state index in [1.165, 1.54) is 17.9 Å². The summed E-state index contributed by atoms with van der Waals surface area (Å²) in [6, 6.07) is 9.88. The molecular formula is C15H25NOS. The smallest absolute Gasteiger partial charge is 0.214 e. The maximum atomic E-state index is 11.1.